The molecule has 0 radical (unpaired) electrons. The number of carbonyl (C=O) groups is 1. The molecule has 3 heteroatoms. The highest BCUT2D eigenvalue weighted by atomic mass is 16.1. The summed E-state index contributed by atoms with van der Waals surface area (Å²) in [6, 6.07) is 0. The number of hydrogen-bond acceptors (Lipinski definition) is 2. The topological polar surface area (TPSA) is 41.1 Å². The largest absolute Gasteiger partial charge is 0.355 e. The summed E-state index contributed by atoms with van der Waals surface area (Å²) in [4.78, 5) is 12.1. The molecule has 1 atom stereocenters. The van der Waals surface area contributed by atoms with Crippen molar-refractivity contribution in [3.8, 4) is 0 Å². The fourth-order valence-corrected chi connectivity index (χ4v) is 3.27. The lowest BCUT2D eigenvalue weighted by Gasteiger charge is -2.29. The number of carbonyl (C=O) groups excluding carboxylic acids is 1. The van der Waals surface area contributed by atoms with Crippen molar-refractivity contribution in [2.45, 2.75) is 51.9 Å². The first-order valence-electron chi connectivity index (χ1n) is 7.24. The van der Waals surface area contributed by atoms with Crippen LogP contribution in [0, 0.1) is 11.3 Å². The second-order valence-corrected chi connectivity index (χ2v) is 5.82. The number of piperidine rings is 1. The fraction of sp³-hybridized carbons (Fsp3) is 0.929. The average molecular weight is 238 g/mol. The standard InChI is InChI=1S/C14H26N2O/c1-2-14(7-3-4-8-14)11-16-13(17)12-6-5-9-15-10-12/h12,15H,2-11H2,1H3,(H,16,17)/t12-/m1/s1. The zero-order valence-electron chi connectivity index (χ0n) is 11.1. The summed E-state index contributed by atoms with van der Waals surface area (Å²) in [7, 11) is 0. The smallest absolute Gasteiger partial charge is 0.224 e. The van der Waals surface area contributed by atoms with Crippen molar-refractivity contribution < 1.29 is 4.79 Å². The van der Waals surface area contributed by atoms with E-state index in [1.54, 1.807) is 0 Å². The molecule has 0 aromatic carbocycles. The molecule has 1 heterocycles. The van der Waals surface area contributed by atoms with Crippen LogP contribution < -0.4 is 10.6 Å². The van der Waals surface area contributed by atoms with E-state index in [9.17, 15) is 4.79 Å². The molecule has 1 saturated carbocycles. The first-order valence-corrected chi connectivity index (χ1v) is 7.24. The Bertz CT molecular complexity index is 253. The van der Waals surface area contributed by atoms with Gasteiger partial charge in [-0.05, 0) is 44.1 Å². The van der Waals surface area contributed by atoms with E-state index in [1.165, 1.54) is 32.1 Å². The van der Waals surface area contributed by atoms with Gasteiger partial charge in [0, 0.05) is 13.1 Å². The van der Waals surface area contributed by atoms with E-state index in [-0.39, 0.29) is 11.8 Å². The van der Waals surface area contributed by atoms with Crippen molar-refractivity contribution in [3.05, 3.63) is 0 Å². The molecule has 2 N–H and O–H groups in total. The Morgan fingerprint density at radius 1 is 1.35 bits per heavy atom. The zero-order valence-corrected chi connectivity index (χ0v) is 11.1. The Morgan fingerprint density at radius 2 is 2.12 bits per heavy atom. The molecule has 2 rings (SSSR count). The molecule has 0 aromatic heterocycles. The van der Waals surface area contributed by atoms with Gasteiger partial charge in [0.15, 0.2) is 0 Å². The molecular weight excluding hydrogens is 212 g/mol. The van der Waals surface area contributed by atoms with E-state index in [0.717, 1.165) is 32.5 Å². The highest BCUT2D eigenvalue weighted by Crippen LogP contribution is 2.40. The lowest BCUT2D eigenvalue weighted by Crippen LogP contribution is -2.43. The molecule has 1 saturated heterocycles. The maximum absolute atomic E-state index is 12.1. The van der Waals surface area contributed by atoms with Crippen molar-refractivity contribution in [3.63, 3.8) is 0 Å². The van der Waals surface area contributed by atoms with Crippen LogP contribution in [0.3, 0.4) is 0 Å². The third-order valence-electron chi connectivity index (χ3n) is 4.72. The molecular formula is C14H26N2O. The normalized spacial score (nSPS) is 27.9. The minimum atomic E-state index is 0.207. The molecule has 0 aromatic rings. The van der Waals surface area contributed by atoms with E-state index >= 15 is 0 Å². The maximum Gasteiger partial charge on any atom is 0.224 e. The maximum atomic E-state index is 12.1. The van der Waals surface area contributed by atoms with Crippen LogP contribution in [0.4, 0.5) is 0 Å². The van der Waals surface area contributed by atoms with Gasteiger partial charge >= 0.3 is 0 Å². The molecule has 2 fully saturated rings. The van der Waals surface area contributed by atoms with Crippen LogP contribution in [0.2, 0.25) is 0 Å². The van der Waals surface area contributed by atoms with Gasteiger partial charge in [0.25, 0.3) is 0 Å². The van der Waals surface area contributed by atoms with Crippen molar-refractivity contribution in [2.24, 2.45) is 11.3 Å². The van der Waals surface area contributed by atoms with Gasteiger partial charge in [-0.1, -0.05) is 19.8 Å². The highest BCUT2D eigenvalue weighted by molar-refractivity contribution is 5.79. The van der Waals surface area contributed by atoms with E-state index in [4.69, 9.17) is 0 Å². The van der Waals surface area contributed by atoms with Crippen LogP contribution in [-0.4, -0.2) is 25.5 Å². The van der Waals surface area contributed by atoms with Crippen LogP contribution >= 0.6 is 0 Å². The first kappa shape index (κ1) is 12.9. The van der Waals surface area contributed by atoms with Gasteiger partial charge in [-0.15, -0.1) is 0 Å². The van der Waals surface area contributed by atoms with Gasteiger partial charge < -0.3 is 10.6 Å². The lowest BCUT2D eigenvalue weighted by atomic mass is 9.83. The van der Waals surface area contributed by atoms with Crippen LogP contribution in [-0.2, 0) is 4.79 Å². The minimum absolute atomic E-state index is 0.207. The van der Waals surface area contributed by atoms with Gasteiger partial charge in [-0.25, -0.2) is 0 Å². The molecule has 3 nitrogen and oxygen atoms in total. The molecule has 2 aliphatic rings. The molecule has 1 aliphatic heterocycles. The quantitative estimate of drug-likeness (QED) is 0.787. The number of rotatable bonds is 4. The lowest BCUT2D eigenvalue weighted by molar-refractivity contribution is -0.126. The number of hydrogen-bond donors (Lipinski definition) is 2. The number of nitrogens with one attached hydrogen (secondary N) is 2. The molecule has 98 valence electrons. The van der Waals surface area contributed by atoms with Crippen LogP contribution in [0.5, 0.6) is 0 Å². The molecule has 1 amide bonds. The van der Waals surface area contributed by atoms with Gasteiger partial charge in [-0.3, -0.25) is 4.79 Å². The van der Waals surface area contributed by atoms with Crippen molar-refractivity contribution >= 4 is 5.91 Å². The summed E-state index contributed by atoms with van der Waals surface area (Å²) < 4.78 is 0. The highest BCUT2D eigenvalue weighted by Gasteiger charge is 2.33. The van der Waals surface area contributed by atoms with Crippen LogP contribution in [0.25, 0.3) is 0 Å². The van der Waals surface area contributed by atoms with E-state index in [0.29, 0.717) is 5.41 Å². The SMILES string of the molecule is CCC1(CNC(=O)[C@@H]2CCCNC2)CCCC1. The Balaban J connectivity index is 1.78. The molecule has 17 heavy (non-hydrogen) atoms. The third kappa shape index (κ3) is 3.21. The third-order valence-corrected chi connectivity index (χ3v) is 4.72. The zero-order chi connectivity index (χ0) is 12.1. The van der Waals surface area contributed by atoms with Crippen LogP contribution in [0.1, 0.15) is 51.9 Å². The van der Waals surface area contributed by atoms with E-state index in [2.05, 4.69) is 17.6 Å². The minimum Gasteiger partial charge on any atom is -0.355 e. The van der Waals surface area contributed by atoms with E-state index in [1.807, 2.05) is 0 Å². The second-order valence-electron chi connectivity index (χ2n) is 5.82. The Morgan fingerprint density at radius 3 is 2.71 bits per heavy atom. The van der Waals surface area contributed by atoms with Gasteiger partial charge in [0.1, 0.15) is 0 Å². The molecule has 0 unspecified atom stereocenters. The summed E-state index contributed by atoms with van der Waals surface area (Å²) >= 11 is 0. The number of amides is 1. The van der Waals surface area contributed by atoms with E-state index < -0.39 is 0 Å². The average Bonchev–Trinajstić information content (AvgIpc) is 2.86. The van der Waals surface area contributed by atoms with Gasteiger partial charge in [0.2, 0.25) is 5.91 Å². The predicted molar refractivity (Wildman–Crippen MR) is 69.8 cm³/mol. The van der Waals surface area contributed by atoms with Crippen LogP contribution in [0.15, 0.2) is 0 Å². The summed E-state index contributed by atoms with van der Waals surface area (Å²) in [6.45, 7) is 5.10. The summed E-state index contributed by atoms with van der Waals surface area (Å²) in [5.74, 6) is 0.482. The monoisotopic (exact) mass is 238 g/mol. The molecule has 0 bridgehead atoms. The summed E-state index contributed by atoms with van der Waals surface area (Å²) in [5.41, 5.74) is 0.414. The first-order chi connectivity index (χ1) is 8.26. The van der Waals surface area contributed by atoms with Crippen molar-refractivity contribution in [2.75, 3.05) is 19.6 Å². The summed E-state index contributed by atoms with van der Waals surface area (Å²) in [6.07, 6.45) is 8.67. The van der Waals surface area contributed by atoms with Gasteiger partial charge in [-0.2, -0.15) is 0 Å². The van der Waals surface area contributed by atoms with Gasteiger partial charge in [0.05, 0.1) is 5.92 Å². The Hall–Kier alpha value is -0.570. The Kier molecular flexibility index (Phi) is 4.43. The predicted octanol–water partition coefficient (Wildman–Crippen LogP) is 2.07. The van der Waals surface area contributed by atoms with Crippen molar-refractivity contribution in [1.29, 1.82) is 0 Å². The van der Waals surface area contributed by atoms with Crippen molar-refractivity contribution in [1.82, 2.24) is 10.6 Å². The Labute approximate surface area is 105 Å². The molecule has 0 spiro atoms. The fourth-order valence-electron chi connectivity index (χ4n) is 3.27. The molecule has 1 aliphatic carbocycles. The second kappa shape index (κ2) is 5.85. The summed E-state index contributed by atoms with van der Waals surface area (Å²) in [5, 5.41) is 6.51.